The van der Waals surface area contributed by atoms with E-state index >= 15 is 0 Å². The molecule has 0 aliphatic carbocycles. The fourth-order valence-electron chi connectivity index (χ4n) is 3.99. The minimum Gasteiger partial charge on any atom is -0.465 e. The molecule has 6 nitrogen and oxygen atoms in total. The van der Waals surface area contributed by atoms with Gasteiger partial charge in [0.25, 0.3) is 0 Å². The lowest BCUT2D eigenvalue weighted by Gasteiger charge is -2.48. The third-order valence-electron chi connectivity index (χ3n) is 5.32. The van der Waals surface area contributed by atoms with Gasteiger partial charge in [-0.05, 0) is 31.0 Å². The van der Waals surface area contributed by atoms with E-state index in [2.05, 4.69) is 15.6 Å². The number of ether oxygens (including phenoxy) is 1. The number of alkyl halides is 4. The molecule has 3 N–H and O–H groups in total. The topological polar surface area (TPSA) is 83.0 Å². The monoisotopic (exact) mass is 467 g/mol. The van der Waals surface area contributed by atoms with Gasteiger partial charge in [0.1, 0.15) is 18.0 Å². The molecule has 0 aromatic heterocycles. The summed E-state index contributed by atoms with van der Waals surface area (Å²) in [5.74, 6) is -1.18. The Bertz CT molecular complexity index is 854. The number of amidine groups is 1. The van der Waals surface area contributed by atoms with Crippen molar-refractivity contribution in [1.82, 2.24) is 10.6 Å². The number of carboxylic acid groups (broad SMARTS) is 1. The summed E-state index contributed by atoms with van der Waals surface area (Å²) in [5, 5.41) is 12.7. The molecule has 1 aromatic carbocycles. The van der Waals surface area contributed by atoms with E-state index in [4.69, 9.17) is 9.84 Å². The summed E-state index contributed by atoms with van der Waals surface area (Å²) in [6, 6.07) is 3.86. The number of hydrogen-bond donors (Lipinski definition) is 3. The minimum atomic E-state index is -4.39. The number of fused-ring (bicyclic) bond motifs is 1. The minimum absolute atomic E-state index is 0.0409. The highest BCUT2D eigenvalue weighted by Crippen LogP contribution is 2.50. The number of nitrogens with one attached hydrogen (secondary N) is 2. The van der Waals surface area contributed by atoms with Gasteiger partial charge in [-0.1, -0.05) is 17.8 Å². The van der Waals surface area contributed by atoms with Crippen molar-refractivity contribution < 1.29 is 36.6 Å². The average Bonchev–Trinajstić information content (AvgIpc) is 2.67. The molecule has 172 valence electrons. The smallest absolute Gasteiger partial charge is 0.410 e. The van der Waals surface area contributed by atoms with E-state index in [-0.39, 0.29) is 30.0 Å². The molecule has 1 amide bonds. The van der Waals surface area contributed by atoms with Crippen LogP contribution in [0, 0.1) is 11.7 Å². The molecule has 1 fully saturated rings. The Kier molecular flexibility index (Phi) is 7.11. The number of hydrogen-bond acceptors (Lipinski definition) is 5. The molecule has 0 saturated carbocycles. The second kappa shape index (κ2) is 9.29. The van der Waals surface area contributed by atoms with Gasteiger partial charge in [0.2, 0.25) is 0 Å². The van der Waals surface area contributed by atoms with Crippen LogP contribution in [0.2, 0.25) is 0 Å². The summed E-state index contributed by atoms with van der Waals surface area (Å²) in [7, 11) is 0. The molecule has 2 aliphatic rings. The van der Waals surface area contributed by atoms with Gasteiger partial charge in [-0.3, -0.25) is 5.32 Å². The number of rotatable bonds is 5. The molecule has 1 saturated heterocycles. The van der Waals surface area contributed by atoms with Crippen molar-refractivity contribution in [3.8, 4) is 0 Å². The highest BCUT2D eigenvalue weighted by atomic mass is 32.2. The van der Waals surface area contributed by atoms with Crippen molar-refractivity contribution in [2.75, 3.05) is 19.8 Å². The van der Waals surface area contributed by atoms with E-state index in [1.165, 1.54) is 12.1 Å². The van der Waals surface area contributed by atoms with Gasteiger partial charge in [-0.25, -0.2) is 18.6 Å². The largest absolute Gasteiger partial charge is 0.465 e. The maximum Gasteiger partial charge on any atom is 0.410 e. The Morgan fingerprint density at radius 3 is 2.81 bits per heavy atom. The summed E-state index contributed by atoms with van der Waals surface area (Å²) in [6.45, 7) is -0.488. The molecule has 0 unspecified atom stereocenters. The first kappa shape index (κ1) is 23.7. The van der Waals surface area contributed by atoms with Gasteiger partial charge in [0, 0.05) is 23.3 Å². The molecular formula is C19H22F5N3O3S. The molecule has 1 aromatic rings. The van der Waals surface area contributed by atoms with Crippen LogP contribution in [0.5, 0.6) is 0 Å². The van der Waals surface area contributed by atoms with Crippen LogP contribution >= 0.6 is 11.8 Å². The molecule has 0 spiro atoms. The van der Waals surface area contributed by atoms with Crippen LogP contribution in [0.25, 0.3) is 0 Å². The number of aliphatic imine (C=N–C) groups is 1. The number of benzene rings is 1. The SMILES string of the molecule is C[C@H]1C[C@H]2[C@@H](CF)SC(NC(=O)O)=N[C@@]2(c2cc(CNCC(F)(F)F)ccc2F)CO1. The van der Waals surface area contributed by atoms with E-state index in [9.17, 15) is 26.7 Å². The van der Waals surface area contributed by atoms with Gasteiger partial charge < -0.3 is 15.2 Å². The number of thioether (sulfide) groups is 1. The first-order valence-corrected chi connectivity index (χ1v) is 10.4. The van der Waals surface area contributed by atoms with Crippen LogP contribution in [0.4, 0.5) is 26.7 Å². The molecule has 2 aliphatic heterocycles. The van der Waals surface area contributed by atoms with Crippen molar-refractivity contribution in [2.45, 2.75) is 43.0 Å². The van der Waals surface area contributed by atoms with Crippen LogP contribution in [-0.4, -0.2) is 53.7 Å². The highest BCUT2D eigenvalue weighted by molar-refractivity contribution is 8.14. The van der Waals surface area contributed by atoms with Gasteiger partial charge in [-0.2, -0.15) is 13.2 Å². The van der Waals surface area contributed by atoms with Crippen LogP contribution < -0.4 is 10.6 Å². The maximum absolute atomic E-state index is 15.0. The first-order valence-electron chi connectivity index (χ1n) is 9.54. The van der Waals surface area contributed by atoms with E-state index in [0.29, 0.717) is 12.0 Å². The van der Waals surface area contributed by atoms with E-state index in [1.54, 1.807) is 6.92 Å². The summed E-state index contributed by atoms with van der Waals surface area (Å²) >= 11 is 0.935. The van der Waals surface area contributed by atoms with Crippen LogP contribution in [0.3, 0.4) is 0 Å². The second-order valence-corrected chi connectivity index (χ2v) is 8.81. The molecular weight excluding hydrogens is 445 g/mol. The molecule has 12 heteroatoms. The average molecular weight is 467 g/mol. The van der Waals surface area contributed by atoms with Gasteiger partial charge in [-0.15, -0.1) is 0 Å². The Morgan fingerprint density at radius 1 is 1.42 bits per heavy atom. The summed E-state index contributed by atoms with van der Waals surface area (Å²) < 4.78 is 71.9. The highest BCUT2D eigenvalue weighted by Gasteiger charge is 2.53. The van der Waals surface area contributed by atoms with Crippen molar-refractivity contribution in [1.29, 1.82) is 0 Å². The van der Waals surface area contributed by atoms with E-state index in [0.717, 1.165) is 17.8 Å². The quantitative estimate of drug-likeness (QED) is 0.574. The summed E-state index contributed by atoms with van der Waals surface area (Å²) in [5.41, 5.74) is -0.985. The van der Waals surface area contributed by atoms with Crippen LogP contribution in [-0.2, 0) is 16.8 Å². The van der Waals surface area contributed by atoms with Gasteiger partial charge in [0.05, 0.1) is 19.3 Å². The number of carbonyl (C=O) groups is 1. The fraction of sp³-hybridized carbons (Fsp3) is 0.579. The summed E-state index contributed by atoms with van der Waals surface area (Å²) in [6.07, 6.45) is -5.66. The number of halogens is 5. The Hall–Kier alpha value is -1.92. The second-order valence-electron chi connectivity index (χ2n) is 7.58. The first-order chi connectivity index (χ1) is 14.5. The predicted octanol–water partition coefficient (Wildman–Crippen LogP) is 3.81. The number of amides is 1. The van der Waals surface area contributed by atoms with Crippen molar-refractivity contribution in [3.63, 3.8) is 0 Å². The van der Waals surface area contributed by atoms with E-state index in [1.807, 2.05) is 0 Å². The lowest BCUT2D eigenvalue weighted by Crippen LogP contribution is -2.54. The molecule has 0 radical (unpaired) electrons. The molecule has 4 atom stereocenters. The zero-order chi connectivity index (χ0) is 22.8. The number of nitrogens with zero attached hydrogens (tertiary/aromatic N) is 1. The zero-order valence-corrected chi connectivity index (χ0v) is 17.3. The summed E-state index contributed by atoms with van der Waals surface area (Å²) in [4.78, 5) is 15.6. The van der Waals surface area contributed by atoms with Gasteiger partial charge in [0.15, 0.2) is 5.17 Å². The molecule has 2 heterocycles. The fourth-order valence-corrected chi connectivity index (χ4v) is 5.20. The molecule has 0 bridgehead atoms. The maximum atomic E-state index is 15.0. The van der Waals surface area contributed by atoms with Crippen molar-refractivity contribution in [3.05, 3.63) is 35.1 Å². The van der Waals surface area contributed by atoms with Crippen molar-refractivity contribution in [2.24, 2.45) is 10.9 Å². The predicted molar refractivity (Wildman–Crippen MR) is 105 cm³/mol. The van der Waals surface area contributed by atoms with Crippen LogP contribution in [0.15, 0.2) is 23.2 Å². The lowest BCUT2D eigenvalue weighted by molar-refractivity contribution is -0.125. The Morgan fingerprint density at radius 2 is 2.16 bits per heavy atom. The van der Waals surface area contributed by atoms with E-state index < -0.39 is 48.0 Å². The Labute approximate surface area is 179 Å². The van der Waals surface area contributed by atoms with Crippen molar-refractivity contribution >= 4 is 23.0 Å². The van der Waals surface area contributed by atoms with Gasteiger partial charge >= 0.3 is 12.3 Å². The molecule has 31 heavy (non-hydrogen) atoms. The molecule has 3 rings (SSSR count). The third-order valence-corrected chi connectivity index (χ3v) is 6.49. The third kappa shape index (κ3) is 5.47. The Balaban J connectivity index is 2.02. The lowest BCUT2D eigenvalue weighted by atomic mass is 9.72. The zero-order valence-electron chi connectivity index (χ0n) is 16.5. The van der Waals surface area contributed by atoms with Crippen LogP contribution in [0.1, 0.15) is 24.5 Å². The normalized spacial score (nSPS) is 28.6. The standard InChI is InChI=1S/C19H22F5N3O3S/c1-10-4-13-15(6-20)31-16(26-17(28)29)27-18(13,9-30-10)12-5-11(2-3-14(12)21)7-25-8-19(22,23)24/h2-3,5,10,13,15,25H,4,6-9H2,1H3,(H,26,27)(H,28,29)/t10-,13-,15+,18+/m0/s1.